The van der Waals surface area contributed by atoms with Gasteiger partial charge in [-0.25, -0.2) is 14.4 Å². The van der Waals surface area contributed by atoms with E-state index in [1.807, 2.05) is 25.1 Å². The molecule has 0 aliphatic carbocycles. The normalized spacial score (nSPS) is 11.0. The Morgan fingerprint density at radius 2 is 2.04 bits per heavy atom. The van der Waals surface area contributed by atoms with Crippen LogP contribution in [0.3, 0.4) is 0 Å². The van der Waals surface area contributed by atoms with Gasteiger partial charge < -0.3 is 9.73 Å². The van der Waals surface area contributed by atoms with Crippen molar-refractivity contribution in [2.75, 3.05) is 5.32 Å². The Labute approximate surface area is 158 Å². The number of hydrogen-bond donors (Lipinski definition) is 1. The molecule has 0 aliphatic heterocycles. The lowest BCUT2D eigenvalue weighted by Gasteiger charge is -1.99. The van der Waals surface area contributed by atoms with E-state index in [-0.39, 0.29) is 18.1 Å². The van der Waals surface area contributed by atoms with Crippen LogP contribution in [0.1, 0.15) is 17.9 Å². The quantitative estimate of drug-likeness (QED) is 0.530. The Morgan fingerprint density at radius 1 is 1.22 bits per heavy atom. The van der Waals surface area contributed by atoms with Crippen LogP contribution in [0.5, 0.6) is 0 Å². The molecule has 0 bridgehead atoms. The molecule has 27 heavy (non-hydrogen) atoms. The summed E-state index contributed by atoms with van der Waals surface area (Å²) in [6.45, 7) is 2.02. The summed E-state index contributed by atoms with van der Waals surface area (Å²) in [6.07, 6.45) is 2.19. The molecule has 4 aromatic rings. The SMILES string of the molecule is Cc1ccc2nc(NC(=O)CCc3ncc(-c4ccc(F)cc4)o3)sc2c1. The second kappa shape index (κ2) is 7.28. The number of carbonyl (C=O) groups is 1. The highest BCUT2D eigenvalue weighted by atomic mass is 32.1. The van der Waals surface area contributed by atoms with Crippen LogP contribution >= 0.6 is 11.3 Å². The van der Waals surface area contributed by atoms with Gasteiger partial charge in [-0.2, -0.15) is 0 Å². The predicted octanol–water partition coefficient (Wildman–Crippen LogP) is 4.97. The number of oxazole rings is 1. The van der Waals surface area contributed by atoms with Gasteiger partial charge in [-0.15, -0.1) is 0 Å². The second-order valence-electron chi connectivity index (χ2n) is 6.16. The minimum Gasteiger partial charge on any atom is -0.441 e. The molecule has 0 saturated heterocycles. The monoisotopic (exact) mass is 381 g/mol. The molecule has 0 unspecified atom stereocenters. The Hall–Kier alpha value is -3.06. The summed E-state index contributed by atoms with van der Waals surface area (Å²) in [5, 5.41) is 3.41. The Balaban J connectivity index is 1.36. The van der Waals surface area contributed by atoms with Crippen LogP contribution in [0.4, 0.5) is 9.52 Å². The molecule has 0 atom stereocenters. The fourth-order valence-corrected chi connectivity index (χ4v) is 3.64. The molecule has 7 heteroatoms. The van der Waals surface area contributed by atoms with Crippen LogP contribution in [0.15, 0.2) is 53.1 Å². The fraction of sp³-hybridized carbons (Fsp3) is 0.150. The maximum absolute atomic E-state index is 13.0. The van der Waals surface area contributed by atoms with E-state index < -0.39 is 0 Å². The first-order chi connectivity index (χ1) is 13.1. The summed E-state index contributed by atoms with van der Waals surface area (Å²) < 4.78 is 19.7. The summed E-state index contributed by atoms with van der Waals surface area (Å²) >= 11 is 1.45. The van der Waals surface area contributed by atoms with Crippen molar-refractivity contribution in [1.82, 2.24) is 9.97 Å². The lowest BCUT2D eigenvalue weighted by Crippen LogP contribution is -2.12. The third kappa shape index (κ3) is 4.03. The molecule has 0 spiro atoms. The molecule has 2 heterocycles. The van der Waals surface area contributed by atoms with Gasteiger partial charge in [-0.1, -0.05) is 17.4 Å². The first kappa shape index (κ1) is 17.4. The first-order valence-corrected chi connectivity index (χ1v) is 9.26. The second-order valence-corrected chi connectivity index (χ2v) is 7.19. The summed E-state index contributed by atoms with van der Waals surface area (Å²) in [7, 11) is 0. The lowest BCUT2D eigenvalue weighted by atomic mass is 10.2. The number of aryl methyl sites for hydroxylation is 2. The number of carbonyl (C=O) groups excluding carboxylic acids is 1. The van der Waals surface area contributed by atoms with E-state index in [1.165, 1.54) is 23.5 Å². The number of fused-ring (bicyclic) bond motifs is 1. The number of halogens is 1. The van der Waals surface area contributed by atoms with Crippen molar-refractivity contribution in [3.63, 3.8) is 0 Å². The van der Waals surface area contributed by atoms with E-state index in [4.69, 9.17) is 4.42 Å². The van der Waals surface area contributed by atoms with Gasteiger partial charge in [0.1, 0.15) is 5.82 Å². The number of amides is 1. The maximum atomic E-state index is 13.0. The molecular formula is C20H16FN3O2S. The number of hydrogen-bond acceptors (Lipinski definition) is 5. The smallest absolute Gasteiger partial charge is 0.226 e. The van der Waals surface area contributed by atoms with Crippen molar-refractivity contribution in [1.29, 1.82) is 0 Å². The summed E-state index contributed by atoms with van der Waals surface area (Å²) in [4.78, 5) is 20.8. The molecule has 1 amide bonds. The summed E-state index contributed by atoms with van der Waals surface area (Å²) in [6, 6.07) is 12.0. The zero-order valence-corrected chi connectivity index (χ0v) is 15.3. The van der Waals surface area contributed by atoms with Crippen LogP contribution in [0.25, 0.3) is 21.5 Å². The highest BCUT2D eigenvalue weighted by molar-refractivity contribution is 7.22. The van der Waals surface area contributed by atoms with E-state index in [1.54, 1.807) is 18.3 Å². The topological polar surface area (TPSA) is 68.0 Å². The molecule has 1 N–H and O–H groups in total. The highest BCUT2D eigenvalue weighted by Gasteiger charge is 2.11. The van der Waals surface area contributed by atoms with Crippen LogP contribution in [0, 0.1) is 12.7 Å². The third-order valence-corrected chi connectivity index (χ3v) is 4.97. The molecule has 2 aromatic carbocycles. The Kier molecular flexibility index (Phi) is 4.68. The minimum absolute atomic E-state index is 0.146. The average molecular weight is 381 g/mol. The maximum Gasteiger partial charge on any atom is 0.226 e. The van der Waals surface area contributed by atoms with E-state index >= 15 is 0 Å². The third-order valence-electron chi connectivity index (χ3n) is 4.04. The van der Waals surface area contributed by atoms with Crippen molar-refractivity contribution < 1.29 is 13.6 Å². The molecule has 0 aliphatic rings. The molecule has 0 radical (unpaired) electrons. The minimum atomic E-state index is -0.305. The number of anilines is 1. The molecule has 5 nitrogen and oxygen atoms in total. The van der Waals surface area contributed by atoms with Crippen LogP contribution in [0.2, 0.25) is 0 Å². The molecule has 0 fully saturated rings. The van der Waals surface area contributed by atoms with Crippen LogP contribution in [-0.2, 0) is 11.2 Å². The van der Waals surface area contributed by atoms with Gasteiger partial charge in [-0.05, 0) is 48.9 Å². The van der Waals surface area contributed by atoms with Gasteiger partial charge in [0, 0.05) is 18.4 Å². The number of rotatable bonds is 5. The van der Waals surface area contributed by atoms with Crippen LogP contribution < -0.4 is 5.32 Å². The zero-order valence-electron chi connectivity index (χ0n) is 14.5. The molecule has 2 aromatic heterocycles. The number of thiazole rings is 1. The Bertz CT molecular complexity index is 1100. The van der Waals surface area contributed by atoms with Gasteiger partial charge in [0.15, 0.2) is 16.8 Å². The summed E-state index contributed by atoms with van der Waals surface area (Å²) in [5.74, 6) is 0.559. The number of benzene rings is 2. The van der Waals surface area contributed by atoms with Gasteiger partial charge in [0.2, 0.25) is 5.91 Å². The van der Waals surface area contributed by atoms with Crippen molar-refractivity contribution in [3.05, 3.63) is 65.9 Å². The molecule has 0 saturated carbocycles. The standard InChI is InChI=1S/C20H16FN3O2S/c1-12-2-7-15-17(10-12)27-20(23-15)24-18(25)8-9-19-22-11-16(26-19)13-3-5-14(21)6-4-13/h2-7,10-11H,8-9H2,1H3,(H,23,24,25). The number of nitrogens with zero attached hydrogens (tertiary/aromatic N) is 2. The van der Waals surface area contributed by atoms with Crippen molar-refractivity contribution in [2.24, 2.45) is 0 Å². The largest absolute Gasteiger partial charge is 0.441 e. The number of nitrogens with one attached hydrogen (secondary N) is 1. The van der Waals surface area contributed by atoms with Crippen molar-refractivity contribution >= 4 is 32.6 Å². The van der Waals surface area contributed by atoms with Crippen molar-refractivity contribution in [3.8, 4) is 11.3 Å². The molecular weight excluding hydrogens is 365 g/mol. The predicted molar refractivity (Wildman–Crippen MR) is 103 cm³/mol. The Morgan fingerprint density at radius 3 is 2.85 bits per heavy atom. The first-order valence-electron chi connectivity index (χ1n) is 8.44. The lowest BCUT2D eigenvalue weighted by molar-refractivity contribution is -0.116. The van der Waals surface area contributed by atoms with Gasteiger partial charge in [0.05, 0.1) is 16.4 Å². The van der Waals surface area contributed by atoms with Gasteiger partial charge in [-0.3, -0.25) is 4.79 Å². The van der Waals surface area contributed by atoms with E-state index in [9.17, 15) is 9.18 Å². The van der Waals surface area contributed by atoms with Crippen LogP contribution in [-0.4, -0.2) is 15.9 Å². The highest BCUT2D eigenvalue weighted by Crippen LogP contribution is 2.27. The van der Waals surface area contributed by atoms with Gasteiger partial charge >= 0.3 is 0 Å². The fourth-order valence-electron chi connectivity index (χ4n) is 2.66. The number of aromatic nitrogens is 2. The van der Waals surface area contributed by atoms with E-state index in [0.717, 1.165) is 21.3 Å². The van der Waals surface area contributed by atoms with E-state index in [0.29, 0.717) is 23.2 Å². The molecule has 136 valence electrons. The van der Waals surface area contributed by atoms with Gasteiger partial charge in [0.25, 0.3) is 0 Å². The van der Waals surface area contributed by atoms with E-state index in [2.05, 4.69) is 15.3 Å². The summed E-state index contributed by atoms with van der Waals surface area (Å²) in [5.41, 5.74) is 2.77. The average Bonchev–Trinajstić information content (AvgIpc) is 3.26. The zero-order chi connectivity index (χ0) is 18.8. The van der Waals surface area contributed by atoms with Crippen molar-refractivity contribution in [2.45, 2.75) is 19.8 Å². The molecule has 4 rings (SSSR count).